The van der Waals surface area contributed by atoms with Crippen molar-refractivity contribution in [3.63, 3.8) is 0 Å². The molecule has 0 atom stereocenters. The van der Waals surface area contributed by atoms with Gasteiger partial charge >= 0.3 is 5.97 Å². The third-order valence-corrected chi connectivity index (χ3v) is 3.27. The predicted octanol–water partition coefficient (Wildman–Crippen LogP) is 1.03. The summed E-state index contributed by atoms with van der Waals surface area (Å²) in [5.74, 6) is -1.54. The quantitative estimate of drug-likeness (QED) is 0.656. The third kappa shape index (κ3) is 5.72. The summed E-state index contributed by atoms with van der Waals surface area (Å²) in [6.45, 7) is 2.13. The van der Waals surface area contributed by atoms with Crippen molar-refractivity contribution >= 4 is 23.5 Å². The van der Waals surface area contributed by atoms with Crippen LogP contribution in [0.15, 0.2) is 30.5 Å². The molecule has 0 spiro atoms. The number of amides is 2. The molecule has 2 rings (SSSR count). The fraction of sp³-hybridized carbons (Fsp3) is 0.312. The van der Waals surface area contributed by atoms with Crippen molar-refractivity contribution in [1.82, 2.24) is 20.3 Å². The first-order valence-electron chi connectivity index (χ1n) is 7.77. The number of carboxylic acid groups (broad SMARTS) is 1. The number of aromatic carboxylic acids is 1. The van der Waals surface area contributed by atoms with Gasteiger partial charge in [0, 0.05) is 18.7 Å². The number of anilines is 1. The van der Waals surface area contributed by atoms with Gasteiger partial charge in [-0.25, -0.2) is 9.48 Å². The normalized spacial score (nSPS) is 10.3. The molecule has 132 valence electrons. The van der Waals surface area contributed by atoms with Crippen LogP contribution in [-0.2, 0) is 22.7 Å². The van der Waals surface area contributed by atoms with Gasteiger partial charge in [-0.15, -0.1) is 5.10 Å². The molecule has 2 aromatic rings. The molecular formula is C16H19N5O4. The van der Waals surface area contributed by atoms with Gasteiger partial charge in [-0.1, -0.05) is 24.3 Å². The van der Waals surface area contributed by atoms with Gasteiger partial charge in [-0.2, -0.15) is 0 Å². The maximum Gasteiger partial charge on any atom is 0.358 e. The van der Waals surface area contributed by atoms with Crippen LogP contribution < -0.4 is 10.6 Å². The second kappa shape index (κ2) is 8.57. The second-order valence-electron chi connectivity index (χ2n) is 5.38. The van der Waals surface area contributed by atoms with Crippen LogP contribution in [-0.4, -0.2) is 37.9 Å². The number of carboxylic acids is 1. The van der Waals surface area contributed by atoms with E-state index in [0.717, 1.165) is 16.7 Å². The molecule has 1 heterocycles. The SMILES string of the molecule is CCCC(=O)Nc1ccc(CNC(=O)Cn2cc(C(=O)O)nn2)cc1. The van der Waals surface area contributed by atoms with E-state index in [2.05, 4.69) is 20.9 Å². The first-order valence-corrected chi connectivity index (χ1v) is 7.77. The van der Waals surface area contributed by atoms with E-state index in [0.29, 0.717) is 18.7 Å². The minimum Gasteiger partial charge on any atom is -0.476 e. The number of hydrogen-bond donors (Lipinski definition) is 3. The Balaban J connectivity index is 1.80. The van der Waals surface area contributed by atoms with E-state index in [4.69, 9.17) is 5.11 Å². The van der Waals surface area contributed by atoms with Gasteiger partial charge in [0.2, 0.25) is 11.8 Å². The lowest BCUT2D eigenvalue weighted by Crippen LogP contribution is -2.27. The number of aromatic nitrogens is 3. The summed E-state index contributed by atoms with van der Waals surface area (Å²) in [4.78, 5) is 34.1. The summed E-state index contributed by atoms with van der Waals surface area (Å²) < 4.78 is 1.16. The Morgan fingerprint density at radius 1 is 1.16 bits per heavy atom. The highest BCUT2D eigenvalue weighted by Gasteiger charge is 2.10. The summed E-state index contributed by atoms with van der Waals surface area (Å²) >= 11 is 0. The van der Waals surface area contributed by atoms with E-state index in [1.54, 1.807) is 24.3 Å². The molecular weight excluding hydrogens is 326 g/mol. The molecule has 0 saturated heterocycles. The van der Waals surface area contributed by atoms with Gasteiger partial charge in [0.05, 0.1) is 6.20 Å². The molecule has 0 aliphatic rings. The molecule has 9 heteroatoms. The highest BCUT2D eigenvalue weighted by molar-refractivity contribution is 5.90. The summed E-state index contributed by atoms with van der Waals surface area (Å²) in [5, 5.41) is 21.2. The zero-order valence-electron chi connectivity index (χ0n) is 13.7. The van der Waals surface area contributed by atoms with Crippen LogP contribution >= 0.6 is 0 Å². The van der Waals surface area contributed by atoms with Gasteiger partial charge in [0.1, 0.15) is 6.54 Å². The van der Waals surface area contributed by atoms with Crippen LogP contribution in [0.4, 0.5) is 5.69 Å². The molecule has 0 aliphatic heterocycles. The number of carbonyl (C=O) groups is 3. The molecule has 0 radical (unpaired) electrons. The fourth-order valence-electron chi connectivity index (χ4n) is 2.03. The van der Waals surface area contributed by atoms with Crippen molar-refractivity contribution in [1.29, 1.82) is 0 Å². The zero-order valence-corrected chi connectivity index (χ0v) is 13.7. The van der Waals surface area contributed by atoms with Gasteiger partial charge < -0.3 is 15.7 Å². The smallest absolute Gasteiger partial charge is 0.358 e. The molecule has 0 aliphatic carbocycles. The summed E-state index contributed by atoms with van der Waals surface area (Å²) in [5.41, 5.74) is 1.36. The molecule has 3 N–H and O–H groups in total. The third-order valence-electron chi connectivity index (χ3n) is 3.27. The van der Waals surface area contributed by atoms with Crippen LogP contribution in [0, 0.1) is 0 Å². The van der Waals surface area contributed by atoms with Crippen molar-refractivity contribution in [3.8, 4) is 0 Å². The molecule has 25 heavy (non-hydrogen) atoms. The Kier molecular flexibility index (Phi) is 6.21. The first-order chi connectivity index (χ1) is 12.0. The average molecular weight is 345 g/mol. The predicted molar refractivity (Wildman–Crippen MR) is 88.8 cm³/mol. The minimum absolute atomic E-state index is 0.0304. The van der Waals surface area contributed by atoms with Crippen LogP contribution in [0.1, 0.15) is 35.8 Å². The van der Waals surface area contributed by atoms with E-state index < -0.39 is 5.97 Å². The van der Waals surface area contributed by atoms with E-state index >= 15 is 0 Å². The Bertz CT molecular complexity index is 754. The molecule has 2 amide bonds. The first kappa shape index (κ1) is 18.1. The summed E-state index contributed by atoms with van der Waals surface area (Å²) in [7, 11) is 0. The summed E-state index contributed by atoms with van der Waals surface area (Å²) in [6.07, 6.45) is 2.45. The van der Waals surface area contributed by atoms with Crippen molar-refractivity contribution < 1.29 is 19.5 Å². The molecule has 0 fully saturated rings. The standard InChI is InChI=1S/C16H19N5O4/c1-2-3-14(22)18-12-6-4-11(5-7-12)8-17-15(23)10-21-9-13(16(24)25)19-20-21/h4-7,9H,2-3,8,10H2,1H3,(H,17,23)(H,18,22)(H,24,25). The van der Waals surface area contributed by atoms with Crippen molar-refractivity contribution in [3.05, 3.63) is 41.7 Å². The lowest BCUT2D eigenvalue weighted by molar-refractivity contribution is -0.122. The monoisotopic (exact) mass is 345 g/mol. The number of hydrogen-bond acceptors (Lipinski definition) is 5. The Hall–Kier alpha value is -3.23. The largest absolute Gasteiger partial charge is 0.476 e. The Labute approximate surface area is 144 Å². The molecule has 0 unspecified atom stereocenters. The maximum absolute atomic E-state index is 11.8. The highest BCUT2D eigenvalue weighted by Crippen LogP contribution is 2.10. The van der Waals surface area contributed by atoms with Gasteiger partial charge in [0.25, 0.3) is 0 Å². The van der Waals surface area contributed by atoms with E-state index in [-0.39, 0.29) is 24.1 Å². The average Bonchev–Trinajstić information content (AvgIpc) is 3.03. The Morgan fingerprint density at radius 3 is 2.48 bits per heavy atom. The van der Waals surface area contributed by atoms with E-state index in [9.17, 15) is 14.4 Å². The lowest BCUT2D eigenvalue weighted by atomic mass is 10.2. The molecule has 9 nitrogen and oxygen atoms in total. The van der Waals surface area contributed by atoms with Crippen molar-refractivity contribution in [2.75, 3.05) is 5.32 Å². The number of nitrogens with zero attached hydrogens (tertiary/aromatic N) is 3. The number of benzene rings is 1. The number of nitrogens with one attached hydrogen (secondary N) is 2. The second-order valence-corrected chi connectivity index (χ2v) is 5.38. The van der Waals surface area contributed by atoms with Gasteiger partial charge in [-0.3, -0.25) is 9.59 Å². The topological polar surface area (TPSA) is 126 Å². The molecule has 1 aromatic heterocycles. The fourth-order valence-corrected chi connectivity index (χ4v) is 2.03. The summed E-state index contributed by atoms with van der Waals surface area (Å²) in [6, 6.07) is 7.15. The number of carbonyl (C=O) groups excluding carboxylic acids is 2. The molecule has 1 aromatic carbocycles. The van der Waals surface area contributed by atoms with E-state index in [1.165, 1.54) is 6.20 Å². The van der Waals surface area contributed by atoms with Crippen LogP contribution in [0.3, 0.4) is 0 Å². The van der Waals surface area contributed by atoms with Crippen molar-refractivity contribution in [2.24, 2.45) is 0 Å². The van der Waals surface area contributed by atoms with Gasteiger partial charge in [-0.05, 0) is 24.1 Å². The van der Waals surface area contributed by atoms with Crippen LogP contribution in [0.5, 0.6) is 0 Å². The van der Waals surface area contributed by atoms with Gasteiger partial charge in [0.15, 0.2) is 5.69 Å². The molecule has 0 bridgehead atoms. The van der Waals surface area contributed by atoms with Crippen LogP contribution in [0.25, 0.3) is 0 Å². The molecule has 0 saturated carbocycles. The van der Waals surface area contributed by atoms with Crippen molar-refractivity contribution in [2.45, 2.75) is 32.9 Å². The zero-order chi connectivity index (χ0) is 18.2. The minimum atomic E-state index is -1.20. The highest BCUT2D eigenvalue weighted by atomic mass is 16.4. The maximum atomic E-state index is 11.8. The lowest BCUT2D eigenvalue weighted by Gasteiger charge is -2.07. The van der Waals surface area contributed by atoms with E-state index in [1.807, 2.05) is 6.92 Å². The Morgan fingerprint density at radius 2 is 1.88 bits per heavy atom. The van der Waals surface area contributed by atoms with Crippen LogP contribution in [0.2, 0.25) is 0 Å². The number of rotatable bonds is 8.